The summed E-state index contributed by atoms with van der Waals surface area (Å²) in [5.74, 6) is -1.08. The van der Waals surface area contributed by atoms with Crippen molar-refractivity contribution in [3.8, 4) is 5.75 Å². The van der Waals surface area contributed by atoms with E-state index in [1.807, 2.05) is 0 Å². The van der Waals surface area contributed by atoms with E-state index in [0.29, 0.717) is 10.8 Å². The lowest BCUT2D eigenvalue weighted by molar-refractivity contribution is -0.255. The first-order chi connectivity index (χ1) is 10.3. The van der Waals surface area contributed by atoms with Crippen molar-refractivity contribution in [3.63, 3.8) is 0 Å². The summed E-state index contributed by atoms with van der Waals surface area (Å²) in [5, 5.41) is 11.0. The number of anilines is 1. The molecule has 116 valence electrons. The summed E-state index contributed by atoms with van der Waals surface area (Å²) in [6, 6.07) is 9.15. The average Bonchev–Trinajstić information content (AvgIpc) is 2.47. The Kier molecular flexibility index (Phi) is 4.58. The molecule has 2 aromatic rings. The molecule has 2 aromatic carbocycles. The fourth-order valence-corrected chi connectivity index (χ4v) is 2.97. The quantitative estimate of drug-likeness (QED) is 0.890. The summed E-state index contributed by atoms with van der Waals surface area (Å²) in [6.07, 6.45) is 0. The largest absolute Gasteiger partial charge is 0.545 e. The molecule has 0 aliphatic carbocycles. The molecule has 0 unspecified atom stereocenters. The highest BCUT2D eigenvalue weighted by Gasteiger charge is 2.17. The Morgan fingerprint density at radius 2 is 1.82 bits per heavy atom. The predicted octanol–water partition coefficient (Wildman–Crippen LogP) is 1.51. The predicted molar refractivity (Wildman–Crippen MR) is 79.6 cm³/mol. The molecule has 0 atom stereocenters. The Labute approximate surface area is 132 Å². The Bertz CT molecular complexity index is 802. The number of hydrogen-bond acceptors (Lipinski definition) is 5. The van der Waals surface area contributed by atoms with Gasteiger partial charge in [0.1, 0.15) is 5.75 Å². The third-order valence-corrected chi connectivity index (χ3v) is 4.42. The maximum atomic E-state index is 12.3. The Hall–Kier alpha value is -2.25. The van der Waals surface area contributed by atoms with Gasteiger partial charge in [-0.1, -0.05) is 23.7 Å². The maximum absolute atomic E-state index is 12.3. The van der Waals surface area contributed by atoms with Gasteiger partial charge in [0.25, 0.3) is 10.0 Å². The molecule has 1 N–H and O–H groups in total. The average molecular weight is 341 g/mol. The lowest BCUT2D eigenvalue weighted by Gasteiger charge is -2.12. The van der Waals surface area contributed by atoms with Crippen LogP contribution >= 0.6 is 11.6 Å². The zero-order chi connectivity index (χ0) is 16.3. The molecule has 0 spiro atoms. The second kappa shape index (κ2) is 6.25. The van der Waals surface area contributed by atoms with Crippen molar-refractivity contribution in [1.29, 1.82) is 0 Å². The van der Waals surface area contributed by atoms with Crippen LogP contribution in [0.15, 0.2) is 47.4 Å². The molecule has 0 saturated heterocycles. The number of hydrogen-bond donors (Lipinski definition) is 1. The SMILES string of the molecule is COc1ccc(Cl)cc1NS(=O)(=O)c1ccc(C(=O)[O-])cc1. The number of sulfonamides is 1. The van der Waals surface area contributed by atoms with E-state index in [4.69, 9.17) is 16.3 Å². The van der Waals surface area contributed by atoms with Gasteiger partial charge in [-0.3, -0.25) is 4.72 Å². The van der Waals surface area contributed by atoms with Crippen molar-refractivity contribution in [3.05, 3.63) is 53.1 Å². The van der Waals surface area contributed by atoms with Crippen molar-refractivity contribution in [1.82, 2.24) is 0 Å². The topological polar surface area (TPSA) is 95.5 Å². The molecule has 0 amide bonds. The summed E-state index contributed by atoms with van der Waals surface area (Å²) in [5.41, 5.74) is 0.0678. The number of aromatic carboxylic acids is 1. The molecule has 0 heterocycles. The summed E-state index contributed by atoms with van der Waals surface area (Å²) in [4.78, 5) is 10.6. The van der Waals surface area contributed by atoms with Crippen LogP contribution in [0.2, 0.25) is 5.02 Å². The van der Waals surface area contributed by atoms with Crippen LogP contribution in [0, 0.1) is 0 Å². The van der Waals surface area contributed by atoms with Crippen LogP contribution in [0.4, 0.5) is 5.69 Å². The van der Waals surface area contributed by atoms with Gasteiger partial charge in [-0.2, -0.15) is 0 Å². The summed E-state index contributed by atoms with van der Waals surface area (Å²) in [6.45, 7) is 0. The van der Waals surface area contributed by atoms with E-state index in [0.717, 1.165) is 12.1 Å². The first-order valence-electron chi connectivity index (χ1n) is 6.01. The number of carboxylic acid groups (broad SMARTS) is 1. The van der Waals surface area contributed by atoms with Crippen molar-refractivity contribution in [2.45, 2.75) is 4.90 Å². The molecule has 0 saturated carbocycles. The zero-order valence-corrected chi connectivity index (χ0v) is 12.9. The van der Waals surface area contributed by atoms with Crippen LogP contribution in [0.5, 0.6) is 5.75 Å². The minimum atomic E-state index is -3.91. The Morgan fingerprint density at radius 1 is 1.18 bits per heavy atom. The van der Waals surface area contributed by atoms with Gasteiger partial charge in [0.15, 0.2) is 0 Å². The number of ether oxygens (including phenoxy) is 1. The van der Waals surface area contributed by atoms with Gasteiger partial charge in [-0.15, -0.1) is 0 Å². The van der Waals surface area contributed by atoms with Gasteiger partial charge in [0.05, 0.1) is 23.7 Å². The lowest BCUT2D eigenvalue weighted by atomic mass is 10.2. The number of carboxylic acids is 1. The number of benzene rings is 2. The van der Waals surface area contributed by atoms with Gasteiger partial charge in [0.2, 0.25) is 0 Å². The van der Waals surface area contributed by atoms with Crippen LogP contribution in [0.3, 0.4) is 0 Å². The summed E-state index contributed by atoms with van der Waals surface area (Å²) < 4.78 is 32.0. The molecule has 8 heteroatoms. The number of rotatable bonds is 5. The van der Waals surface area contributed by atoms with E-state index < -0.39 is 16.0 Å². The molecule has 0 aliphatic heterocycles. The molecule has 0 bridgehead atoms. The molecule has 0 fully saturated rings. The van der Waals surface area contributed by atoms with Gasteiger partial charge in [0, 0.05) is 5.02 Å². The first kappa shape index (κ1) is 16.1. The summed E-state index contributed by atoms with van der Waals surface area (Å²) >= 11 is 5.84. The Balaban J connectivity index is 2.35. The monoisotopic (exact) mass is 340 g/mol. The van der Waals surface area contributed by atoms with E-state index >= 15 is 0 Å². The van der Waals surface area contributed by atoms with Crippen LogP contribution < -0.4 is 14.6 Å². The fourth-order valence-electron chi connectivity index (χ4n) is 1.73. The number of nitrogens with one attached hydrogen (secondary N) is 1. The molecule has 0 radical (unpaired) electrons. The van der Waals surface area contributed by atoms with E-state index in [1.165, 1.54) is 31.4 Å². The number of methoxy groups -OCH3 is 1. The number of halogens is 1. The molecule has 0 aromatic heterocycles. The van der Waals surface area contributed by atoms with E-state index in [1.54, 1.807) is 6.07 Å². The molecule has 0 aliphatic rings. The zero-order valence-electron chi connectivity index (χ0n) is 11.4. The highest BCUT2D eigenvalue weighted by Crippen LogP contribution is 2.29. The number of carbonyl (C=O) groups is 1. The van der Waals surface area contributed by atoms with Crippen LogP contribution in [-0.4, -0.2) is 21.5 Å². The third-order valence-electron chi connectivity index (χ3n) is 2.81. The highest BCUT2D eigenvalue weighted by molar-refractivity contribution is 7.92. The first-order valence-corrected chi connectivity index (χ1v) is 7.87. The minimum absolute atomic E-state index is 0.0977. The molecule has 6 nitrogen and oxygen atoms in total. The van der Waals surface area contributed by atoms with Crippen molar-refractivity contribution in [2.75, 3.05) is 11.8 Å². The number of carbonyl (C=O) groups excluding carboxylic acids is 1. The fraction of sp³-hybridized carbons (Fsp3) is 0.0714. The molecular weight excluding hydrogens is 330 g/mol. The van der Waals surface area contributed by atoms with Crippen LogP contribution in [-0.2, 0) is 10.0 Å². The third kappa shape index (κ3) is 3.49. The molecule has 22 heavy (non-hydrogen) atoms. The lowest BCUT2D eigenvalue weighted by Crippen LogP contribution is -2.22. The second-order valence-electron chi connectivity index (χ2n) is 4.26. The maximum Gasteiger partial charge on any atom is 0.262 e. The van der Waals surface area contributed by atoms with Crippen LogP contribution in [0.25, 0.3) is 0 Å². The normalized spacial score (nSPS) is 11.0. The Morgan fingerprint density at radius 3 is 2.36 bits per heavy atom. The van der Waals surface area contributed by atoms with Crippen molar-refractivity contribution in [2.24, 2.45) is 0 Å². The van der Waals surface area contributed by atoms with Gasteiger partial charge in [-0.05, 0) is 35.9 Å². The molecular formula is C14H11ClNO5S-. The van der Waals surface area contributed by atoms with Crippen molar-refractivity contribution < 1.29 is 23.1 Å². The van der Waals surface area contributed by atoms with E-state index in [9.17, 15) is 18.3 Å². The van der Waals surface area contributed by atoms with Gasteiger partial charge >= 0.3 is 0 Å². The smallest absolute Gasteiger partial charge is 0.262 e. The van der Waals surface area contributed by atoms with E-state index in [-0.39, 0.29) is 16.1 Å². The highest BCUT2D eigenvalue weighted by atomic mass is 35.5. The van der Waals surface area contributed by atoms with Crippen LogP contribution in [0.1, 0.15) is 10.4 Å². The standard InChI is InChI=1S/C14H12ClNO5S/c1-21-13-7-4-10(15)8-12(13)16-22(19,20)11-5-2-9(3-6-11)14(17)18/h2-8,16H,1H3,(H,17,18)/p-1. The second-order valence-corrected chi connectivity index (χ2v) is 6.38. The van der Waals surface area contributed by atoms with Gasteiger partial charge < -0.3 is 14.6 Å². The molecule has 2 rings (SSSR count). The van der Waals surface area contributed by atoms with Crippen molar-refractivity contribution >= 4 is 33.3 Å². The minimum Gasteiger partial charge on any atom is -0.545 e. The van der Waals surface area contributed by atoms with E-state index in [2.05, 4.69) is 4.72 Å². The summed E-state index contributed by atoms with van der Waals surface area (Å²) in [7, 11) is -2.51. The van der Waals surface area contributed by atoms with Gasteiger partial charge in [-0.25, -0.2) is 8.42 Å².